The van der Waals surface area contributed by atoms with Crippen molar-refractivity contribution in [2.24, 2.45) is 4.99 Å². The van der Waals surface area contributed by atoms with E-state index in [2.05, 4.69) is 9.73 Å². The average molecular weight is 299 g/mol. The molecule has 0 amide bonds. The molecule has 0 fully saturated rings. The lowest BCUT2D eigenvalue weighted by atomic mass is 10.0. The van der Waals surface area contributed by atoms with Crippen LogP contribution in [0.1, 0.15) is 17.2 Å². The number of hydrogen-bond acceptors (Lipinski definition) is 4. The molecule has 5 heteroatoms. The van der Waals surface area contributed by atoms with Crippen molar-refractivity contribution in [3.05, 3.63) is 71.8 Å². The first kappa shape index (κ1) is 14.3. The summed E-state index contributed by atoms with van der Waals surface area (Å²) in [6, 6.07) is 17.6. The minimum atomic E-state index is -2.60. The Morgan fingerprint density at radius 2 is 1.73 bits per heavy atom. The van der Waals surface area contributed by atoms with Gasteiger partial charge in [-0.3, -0.25) is 0 Å². The van der Waals surface area contributed by atoms with Gasteiger partial charge in [0.1, 0.15) is 0 Å². The molecule has 4 nitrogen and oxygen atoms in total. The van der Waals surface area contributed by atoms with Crippen LogP contribution >= 0.6 is 0 Å². The molecule has 3 rings (SSSR count). The first-order chi connectivity index (χ1) is 10.6. The highest BCUT2D eigenvalue weighted by molar-refractivity contribution is 5.99. The lowest BCUT2D eigenvalue weighted by Crippen LogP contribution is -2.37. The lowest BCUT2D eigenvalue weighted by Gasteiger charge is -2.21. The Bertz CT molecular complexity index is 702. The SMILES string of the molecule is COC(=O)[C@]1(F)N=C(c2ccccc2)O[C@H]1c1ccccc1. The van der Waals surface area contributed by atoms with Gasteiger partial charge in [0.25, 0.3) is 0 Å². The van der Waals surface area contributed by atoms with Crippen LogP contribution in [-0.2, 0) is 14.3 Å². The Morgan fingerprint density at radius 1 is 1.14 bits per heavy atom. The van der Waals surface area contributed by atoms with Crippen LogP contribution in [0.15, 0.2) is 65.7 Å². The molecular weight excluding hydrogens is 285 g/mol. The zero-order valence-electron chi connectivity index (χ0n) is 11.9. The van der Waals surface area contributed by atoms with Crippen molar-refractivity contribution in [1.29, 1.82) is 0 Å². The molecule has 0 aliphatic carbocycles. The second-order valence-electron chi connectivity index (χ2n) is 4.86. The second-order valence-corrected chi connectivity index (χ2v) is 4.86. The summed E-state index contributed by atoms with van der Waals surface area (Å²) < 4.78 is 25.4. The number of rotatable bonds is 3. The van der Waals surface area contributed by atoms with Crippen molar-refractivity contribution in [3.8, 4) is 0 Å². The largest absolute Gasteiger partial charge is 0.465 e. The minimum absolute atomic E-state index is 0.0855. The van der Waals surface area contributed by atoms with E-state index in [0.717, 1.165) is 7.11 Å². The summed E-state index contributed by atoms with van der Waals surface area (Å²) >= 11 is 0. The van der Waals surface area contributed by atoms with Gasteiger partial charge in [-0.05, 0) is 17.7 Å². The van der Waals surface area contributed by atoms with Crippen LogP contribution in [0.3, 0.4) is 0 Å². The Labute approximate surface area is 127 Å². The van der Waals surface area contributed by atoms with Gasteiger partial charge in [0.2, 0.25) is 5.90 Å². The number of carbonyl (C=O) groups is 1. The van der Waals surface area contributed by atoms with Gasteiger partial charge in [-0.25, -0.2) is 4.79 Å². The summed E-state index contributed by atoms with van der Waals surface area (Å²) in [6.45, 7) is 0. The van der Waals surface area contributed by atoms with Crippen LogP contribution in [0.25, 0.3) is 0 Å². The average Bonchev–Trinajstić information content (AvgIpc) is 2.95. The third-order valence-corrected chi connectivity index (χ3v) is 3.44. The Morgan fingerprint density at radius 3 is 2.32 bits per heavy atom. The lowest BCUT2D eigenvalue weighted by molar-refractivity contribution is -0.159. The van der Waals surface area contributed by atoms with E-state index in [4.69, 9.17) is 4.74 Å². The van der Waals surface area contributed by atoms with Crippen molar-refractivity contribution in [3.63, 3.8) is 0 Å². The second kappa shape index (κ2) is 5.60. The number of aliphatic imine (C=N–C) groups is 1. The van der Waals surface area contributed by atoms with Gasteiger partial charge in [0, 0.05) is 5.56 Å². The van der Waals surface area contributed by atoms with Gasteiger partial charge in [0.15, 0.2) is 6.10 Å². The molecule has 22 heavy (non-hydrogen) atoms. The molecule has 0 saturated carbocycles. The van der Waals surface area contributed by atoms with E-state index < -0.39 is 17.9 Å². The van der Waals surface area contributed by atoms with Gasteiger partial charge in [0.05, 0.1) is 7.11 Å². The molecule has 112 valence electrons. The highest BCUT2D eigenvalue weighted by Gasteiger charge is 2.55. The third kappa shape index (κ3) is 2.35. The van der Waals surface area contributed by atoms with Gasteiger partial charge >= 0.3 is 11.8 Å². The van der Waals surface area contributed by atoms with Gasteiger partial charge < -0.3 is 9.47 Å². The number of nitrogens with zero attached hydrogens (tertiary/aromatic N) is 1. The Balaban J connectivity index is 2.04. The van der Waals surface area contributed by atoms with Crippen LogP contribution in [-0.4, -0.2) is 24.8 Å². The van der Waals surface area contributed by atoms with E-state index >= 15 is 4.39 Å². The minimum Gasteiger partial charge on any atom is -0.465 e. The predicted molar refractivity (Wildman–Crippen MR) is 79.1 cm³/mol. The number of methoxy groups -OCH3 is 1. The number of alkyl halides is 1. The van der Waals surface area contributed by atoms with Crippen molar-refractivity contribution in [1.82, 2.24) is 0 Å². The summed E-state index contributed by atoms with van der Waals surface area (Å²) in [7, 11) is 1.13. The molecule has 1 heterocycles. The summed E-state index contributed by atoms with van der Waals surface area (Å²) in [5.41, 5.74) is 1.12. The molecule has 0 radical (unpaired) electrons. The highest BCUT2D eigenvalue weighted by atomic mass is 19.1. The maximum absolute atomic E-state index is 15.2. The van der Waals surface area contributed by atoms with E-state index in [1.54, 1.807) is 54.6 Å². The fourth-order valence-corrected chi connectivity index (χ4v) is 2.35. The first-order valence-electron chi connectivity index (χ1n) is 6.79. The Hall–Kier alpha value is -2.69. The number of hydrogen-bond donors (Lipinski definition) is 0. The van der Waals surface area contributed by atoms with Crippen LogP contribution < -0.4 is 0 Å². The molecule has 1 aliphatic heterocycles. The van der Waals surface area contributed by atoms with E-state index in [1.165, 1.54) is 0 Å². The smallest absolute Gasteiger partial charge is 0.371 e. The summed E-state index contributed by atoms with van der Waals surface area (Å²) in [4.78, 5) is 15.8. The van der Waals surface area contributed by atoms with Gasteiger partial charge in [-0.2, -0.15) is 9.38 Å². The summed E-state index contributed by atoms with van der Waals surface area (Å²) in [6.07, 6.45) is -1.17. The standard InChI is InChI=1S/C17H14FNO3/c1-21-16(20)17(18)14(12-8-4-2-5-9-12)22-15(19-17)13-10-6-3-7-11-13/h2-11,14H,1H3/t14-,17+/m0/s1. The number of halogens is 1. The molecule has 0 unspecified atom stereocenters. The van der Waals surface area contributed by atoms with Crippen LogP contribution in [0.2, 0.25) is 0 Å². The fourth-order valence-electron chi connectivity index (χ4n) is 2.35. The monoisotopic (exact) mass is 299 g/mol. The van der Waals surface area contributed by atoms with Gasteiger partial charge in [-0.15, -0.1) is 0 Å². The summed E-state index contributed by atoms with van der Waals surface area (Å²) in [5, 5.41) is 0. The normalized spacial score (nSPS) is 23.5. The molecule has 0 bridgehead atoms. The third-order valence-electron chi connectivity index (χ3n) is 3.44. The van der Waals surface area contributed by atoms with Crippen molar-refractivity contribution < 1.29 is 18.7 Å². The number of ether oxygens (including phenoxy) is 2. The number of esters is 1. The van der Waals surface area contributed by atoms with Crippen LogP contribution in [0, 0.1) is 0 Å². The van der Waals surface area contributed by atoms with Crippen molar-refractivity contribution in [2.75, 3.05) is 7.11 Å². The maximum atomic E-state index is 15.2. The first-order valence-corrected chi connectivity index (χ1v) is 6.79. The molecule has 2 aromatic rings. The Kier molecular flexibility index (Phi) is 3.63. The van der Waals surface area contributed by atoms with E-state index in [9.17, 15) is 4.79 Å². The zero-order valence-corrected chi connectivity index (χ0v) is 11.9. The quantitative estimate of drug-likeness (QED) is 0.646. The molecule has 0 N–H and O–H groups in total. The fraction of sp³-hybridized carbons (Fsp3) is 0.176. The van der Waals surface area contributed by atoms with E-state index in [-0.39, 0.29) is 5.90 Å². The molecule has 0 saturated heterocycles. The van der Waals surface area contributed by atoms with Crippen molar-refractivity contribution >= 4 is 11.9 Å². The van der Waals surface area contributed by atoms with Crippen LogP contribution in [0.5, 0.6) is 0 Å². The molecule has 0 spiro atoms. The highest BCUT2D eigenvalue weighted by Crippen LogP contribution is 2.41. The van der Waals surface area contributed by atoms with E-state index in [0.29, 0.717) is 11.1 Å². The van der Waals surface area contributed by atoms with E-state index in [1.807, 2.05) is 6.07 Å². The molecule has 0 aromatic heterocycles. The maximum Gasteiger partial charge on any atom is 0.371 e. The van der Waals surface area contributed by atoms with Crippen LogP contribution in [0.4, 0.5) is 4.39 Å². The number of benzene rings is 2. The predicted octanol–water partition coefficient (Wildman–Crippen LogP) is 3.04. The van der Waals surface area contributed by atoms with Crippen molar-refractivity contribution in [2.45, 2.75) is 11.9 Å². The molecule has 1 aliphatic rings. The topological polar surface area (TPSA) is 47.9 Å². The summed E-state index contributed by atoms with van der Waals surface area (Å²) in [5.74, 6) is -3.59. The number of carbonyl (C=O) groups excluding carboxylic acids is 1. The molecular formula is C17H14FNO3. The van der Waals surface area contributed by atoms with Gasteiger partial charge in [-0.1, -0.05) is 48.5 Å². The zero-order chi connectivity index (χ0) is 15.6. The molecule has 2 atom stereocenters. The molecule has 2 aromatic carbocycles.